The number of hydrogen-bond acceptors (Lipinski definition) is 5. The number of rotatable bonds is 1. The van der Waals surface area contributed by atoms with Crippen molar-refractivity contribution in [2.45, 2.75) is 19.4 Å². The number of hydrogen-bond donors (Lipinski definition) is 1. The lowest BCUT2D eigenvalue weighted by molar-refractivity contribution is 0.400. The molecule has 0 spiro atoms. The maximum Gasteiger partial charge on any atom is 0.169 e. The number of anilines is 1. The third-order valence-corrected chi connectivity index (χ3v) is 3.43. The van der Waals surface area contributed by atoms with Crippen LogP contribution in [-0.4, -0.2) is 34.1 Å². The van der Waals surface area contributed by atoms with E-state index in [1.54, 1.807) is 6.20 Å². The predicted molar refractivity (Wildman–Crippen MR) is 78.5 cm³/mol. The molecule has 20 heavy (non-hydrogen) atoms. The van der Waals surface area contributed by atoms with Gasteiger partial charge in [0.2, 0.25) is 0 Å². The first-order valence-corrected chi connectivity index (χ1v) is 6.41. The Morgan fingerprint density at radius 3 is 2.60 bits per heavy atom. The molecule has 1 fully saturated rings. The van der Waals surface area contributed by atoms with Gasteiger partial charge in [-0.05, 0) is 12.3 Å². The highest BCUT2D eigenvalue weighted by Gasteiger charge is 2.25. The zero-order valence-corrected chi connectivity index (χ0v) is 12.0. The van der Waals surface area contributed by atoms with Crippen LogP contribution in [0.1, 0.15) is 13.3 Å². The number of fused-ring (bicyclic) bond motifs is 1. The summed E-state index contributed by atoms with van der Waals surface area (Å²) in [7, 11) is 0. The van der Waals surface area contributed by atoms with E-state index in [0.29, 0.717) is 23.8 Å². The van der Waals surface area contributed by atoms with Crippen molar-refractivity contribution >= 4 is 29.3 Å². The summed E-state index contributed by atoms with van der Waals surface area (Å²) in [6.45, 7) is 3.73. The molecule has 2 N–H and O–H groups in total. The Balaban J connectivity index is 0.00000147. The molecule has 0 saturated carbocycles. The first-order valence-electron chi connectivity index (χ1n) is 6.41. The lowest BCUT2D eigenvalue weighted by Crippen LogP contribution is -2.46. The Morgan fingerprint density at radius 2 is 1.90 bits per heavy atom. The number of nitrogens with two attached hydrogens (primary N) is 1. The Kier molecular flexibility index (Phi) is 4.35. The predicted octanol–water partition coefficient (Wildman–Crippen LogP) is 1.76. The van der Waals surface area contributed by atoms with Crippen LogP contribution in [0.4, 0.5) is 10.2 Å². The third kappa shape index (κ3) is 2.66. The molecule has 3 rings (SSSR count). The molecular weight excluding hydrogens is 281 g/mol. The number of pyridine rings is 1. The molecule has 0 amide bonds. The van der Waals surface area contributed by atoms with Gasteiger partial charge in [-0.2, -0.15) is 0 Å². The summed E-state index contributed by atoms with van der Waals surface area (Å²) in [5, 5.41) is 0. The van der Waals surface area contributed by atoms with Crippen LogP contribution in [0.5, 0.6) is 0 Å². The molecule has 0 aliphatic carbocycles. The number of piperidine rings is 1. The SMILES string of the molecule is CC1CC(N)CN(c2ncc(F)c3nccnc23)C1.Cl. The molecule has 2 unspecified atom stereocenters. The summed E-state index contributed by atoms with van der Waals surface area (Å²) in [6.07, 6.45) is 5.25. The third-order valence-electron chi connectivity index (χ3n) is 3.43. The summed E-state index contributed by atoms with van der Waals surface area (Å²) >= 11 is 0. The van der Waals surface area contributed by atoms with E-state index in [-0.39, 0.29) is 24.0 Å². The van der Waals surface area contributed by atoms with Gasteiger partial charge in [-0.3, -0.25) is 0 Å². The quantitative estimate of drug-likeness (QED) is 0.869. The first kappa shape index (κ1) is 14.9. The Bertz CT molecular complexity index is 598. The van der Waals surface area contributed by atoms with Crippen LogP contribution in [0.3, 0.4) is 0 Å². The van der Waals surface area contributed by atoms with Crippen LogP contribution in [-0.2, 0) is 0 Å². The average Bonchev–Trinajstić information content (AvgIpc) is 2.38. The minimum absolute atomic E-state index is 0. The van der Waals surface area contributed by atoms with Gasteiger partial charge in [-0.15, -0.1) is 12.4 Å². The molecule has 2 aromatic heterocycles. The molecule has 3 heterocycles. The Hall–Kier alpha value is -1.53. The maximum atomic E-state index is 13.7. The van der Waals surface area contributed by atoms with E-state index in [4.69, 9.17) is 5.73 Å². The van der Waals surface area contributed by atoms with Gasteiger partial charge in [0.05, 0.1) is 6.20 Å². The van der Waals surface area contributed by atoms with Crippen molar-refractivity contribution in [3.05, 3.63) is 24.4 Å². The normalized spacial score (nSPS) is 22.6. The number of halogens is 2. The molecule has 1 aliphatic heterocycles. The second kappa shape index (κ2) is 5.85. The second-order valence-electron chi connectivity index (χ2n) is 5.19. The number of nitrogens with zero attached hydrogens (tertiary/aromatic N) is 4. The van der Waals surface area contributed by atoms with E-state index < -0.39 is 5.82 Å². The van der Waals surface area contributed by atoms with Crippen LogP contribution in [0.25, 0.3) is 11.0 Å². The van der Waals surface area contributed by atoms with Crippen molar-refractivity contribution in [3.63, 3.8) is 0 Å². The molecule has 2 atom stereocenters. The van der Waals surface area contributed by atoms with Crippen LogP contribution in [0, 0.1) is 11.7 Å². The summed E-state index contributed by atoms with van der Waals surface area (Å²) in [6, 6.07) is 0.113. The standard InChI is InChI=1S/C13H16FN5.ClH/c1-8-4-9(15)7-19(6-8)13-12-11(10(14)5-18-13)16-2-3-17-12;/h2-3,5,8-9H,4,6-7,15H2,1H3;1H. The van der Waals surface area contributed by atoms with E-state index in [1.165, 1.54) is 12.4 Å². The van der Waals surface area contributed by atoms with Crippen LogP contribution in [0.2, 0.25) is 0 Å². The minimum atomic E-state index is -0.443. The Labute approximate surface area is 122 Å². The summed E-state index contributed by atoms with van der Waals surface area (Å²) < 4.78 is 13.7. The minimum Gasteiger partial charge on any atom is -0.353 e. The first-order chi connectivity index (χ1) is 9.15. The molecule has 2 aromatic rings. The van der Waals surface area contributed by atoms with Gasteiger partial charge in [-0.1, -0.05) is 6.92 Å². The highest BCUT2D eigenvalue weighted by molar-refractivity contribution is 5.86. The van der Waals surface area contributed by atoms with E-state index in [0.717, 1.165) is 13.0 Å². The van der Waals surface area contributed by atoms with Crippen LogP contribution in [0.15, 0.2) is 18.6 Å². The van der Waals surface area contributed by atoms with Crippen LogP contribution < -0.4 is 10.6 Å². The molecule has 7 heteroatoms. The van der Waals surface area contributed by atoms with Crippen molar-refractivity contribution in [2.24, 2.45) is 11.7 Å². The van der Waals surface area contributed by atoms with Crippen LogP contribution >= 0.6 is 12.4 Å². The van der Waals surface area contributed by atoms with Gasteiger partial charge >= 0.3 is 0 Å². The van der Waals surface area contributed by atoms with E-state index in [1.807, 2.05) is 0 Å². The van der Waals surface area contributed by atoms with E-state index >= 15 is 0 Å². The largest absolute Gasteiger partial charge is 0.353 e. The monoisotopic (exact) mass is 297 g/mol. The zero-order valence-electron chi connectivity index (χ0n) is 11.2. The van der Waals surface area contributed by atoms with Gasteiger partial charge in [0, 0.05) is 31.5 Å². The maximum absolute atomic E-state index is 13.7. The summed E-state index contributed by atoms with van der Waals surface area (Å²) in [5.74, 6) is 0.718. The van der Waals surface area contributed by atoms with Crippen molar-refractivity contribution in [1.29, 1.82) is 0 Å². The lowest BCUT2D eigenvalue weighted by Gasteiger charge is -2.35. The smallest absolute Gasteiger partial charge is 0.169 e. The van der Waals surface area contributed by atoms with Crippen molar-refractivity contribution in [1.82, 2.24) is 15.0 Å². The zero-order chi connectivity index (χ0) is 13.4. The molecule has 1 saturated heterocycles. The molecule has 1 aliphatic rings. The molecule has 0 bridgehead atoms. The molecular formula is C13H17ClFN5. The summed E-state index contributed by atoms with van der Waals surface area (Å²) in [4.78, 5) is 14.5. The van der Waals surface area contributed by atoms with E-state index in [9.17, 15) is 4.39 Å². The van der Waals surface area contributed by atoms with E-state index in [2.05, 4.69) is 26.8 Å². The Morgan fingerprint density at radius 1 is 1.20 bits per heavy atom. The van der Waals surface area contributed by atoms with Gasteiger partial charge in [0.25, 0.3) is 0 Å². The van der Waals surface area contributed by atoms with Crippen molar-refractivity contribution in [3.8, 4) is 0 Å². The summed E-state index contributed by atoms with van der Waals surface area (Å²) in [5.41, 5.74) is 6.81. The highest BCUT2D eigenvalue weighted by atomic mass is 35.5. The second-order valence-corrected chi connectivity index (χ2v) is 5.19. The molecule has 108 valence electrons. The molecule has 5 nitrogen and oxygen atoms in total. The fraction of sp³-hybridized carbons (Fsp3) is 0.462. The highest BCUT2D eigenvalue weighted by Crippen LogP contribution is 2.26. The lowest BCUT2D eigenvalue weighted by atomic mass is 9.96. The van der Waals surface area contributed by atoms with Crippen molar-refractivity contribution in [2.75, 3.05) is 18.0 Å². The topological polar surface area (TPSA) is 67.9 Å². The van der Waals surface area contributed by atoms with Gasteiger partial charge in [0.1, 0.15) is 11.0 Å². The molecule has 0 aromatic carbocycles. The van der Waals surface area contributed by atoms with Gasteiger partial charge in [0.15, 0.2) is 11.6 Å². The van der Waals surface area contributed by atoms with Crippen molar-refractivity contribution < 1.29 is 4.39 Å². The fourth-order valence-corrected chi connectivity index (χ4v) is 2.72. The average molecular weight is 298 g/mol. The van der Waals surface area contributed by atoms with Gasteiger partial charge < -0.3 is 10.6 Å². The van der Waals surface area contributed by atoms with Gasteiger partial charge in [-0.25, -0.2) is 19.3 Å². The fourth-order valence-electron chi connectivity index (χ4n) is 2.72. The number of aromatic nitrogens is 3. The molecule has 0 radical (unpaired) electrons.